The molecule has 0 aromatic heterocycles. The third kappa shape index (κ3) is 3.76. The third-order valence-corrected chi connectivity index (χ3v) is 4.28. The lowest BCUT2D eigenvalue weighted by molar-refractivity contribution is -0.131. The molecule has 2 saturated heterocycles. The van der Waals surface area contributed by atoms with Crippen molar-refractivity contribution in [1.82, 2.24) is 4.90 Å². The van der Waals surface area contributed by atoms with Gasteiger partial charge in [0.25, 0.3) is 0 Å². The van der Waals surface area contributed by atoms with E-state index in [1.165, 1.54) is 30.4 Å². The highest BCUT2D eigenvalue weighted by Gasteiger charge is 2.31. The summed E-state index contributed by atoms with van der Waals surface area (Å²) in [7, 11) is 0. The molecule has 1 amide bonds. The van der Waals surface area contributed by atoms with Gasteiger partial charge in [0.1, 0.15) is 11.6 Å². The number of rotatable bonds is 3. The molecule has 1 aromatic rings. The SMILES string of the molecule is O=C(/C=C/c1c(F)cccc1F)N1CCC(C2OCCO2)CC1. The number of hydrogen-bond donors (Lipinski definition) is 0. The van der Waals surface area contributed by atoms with Gasteiger partial charge in [0.15, 0.2) is 6.29 Å². The van der Waals surface area contributed by atoms with E-state index >= 15 is 0 Å². The average Bonchev–Trinajstić information content (AvgIpc) is 3.09. The Morgan fingerprint density at radius 3 is 2.35 bits per heavy atom. The first-order chi connectivity index (χ1) is 11.1. The number of amides is 1. The summed E-state index contributed by atoms with van der Waals surface area (Å²) in [6, 6.07) is 3.63. The van der Waals surface area contributed by atoms with E-state index in [1.807, 2.05) is 0 Å². The Kier molecular flexibility index (Phi) is 5.03. The minimum atomic E-state index is -0.678. The fourth-order valence-corrected chi connectivity index (χ4v) is 2.97. The van der Waals surface area contributed by atoms with Crippen LogP contribution in [-0.4, -0.2) is 43.4 Å². The number of ether oxygens (including phenoxy) is 2. The Morgan fingerprint density at radius 1 is 1.13 bits per heavy atom. The Hall–Kier alpha value is -1.79. The molecular weight excluding hydrogens is 304 g/mol. The van der Waals surface area contributed by atoms with E-state index in [1.54, 1.807) is 4.90 Å². The molecule has 6 heteroatoms. The van der Waals surface area contributed by atoms with E-state index in [0.29, 0.717) is 32.2 Å². The zero-order valence-corrected chi connectivity index (χ0v) is 12.7. The van der Waals surface area contributed by atoms with Gasteiger partial charge in [-0.05, 0) is 31.1 Å². The molecule has 0 N–H and O–H groups in total. The summed E-state index contributed by atoms with van der Waals surface area (Å²) in [5.41, 5.74) is -0.191. The van der Waals surface area contributed by atoms with E-state index < -0.39 is 11.6 Å². The molecule has 3 rings (SSSR count). The highest BCUT2D eigenvalue weighted by Crippen LogP contribution is 2.26. The number of likely N-dealkylation sites (tertiary alicyclic amines) is 1. The van der Waals surface area contributed by atoms with E-state index in [-0.39, 0.29) is 17.8 Å². The van der Waals surface area contributed by atoms with Gasteiger partial charge in [0.05, 0.1) is 13.2 Å². The number of hydrogen-bond acceptors (Lipinski definition) is 3. The van der Waals surface area contributed by atoms with Crippen LogP contribution in [0.25, 0.3) is 6.08 Å². The summed E-state index contributed by atoms with van der Waals surface area (Å²) in [4.78, 5) is 13.8. The third-order valence-electron chi connectivity index (χ3n) is 4.28. The minimum Gasteiger partial charge on any atom is -0.350 e. The Balaban J connectivity index is 1.56. The van der Waals surface area contributed by atoms with E-state index in [0.717, 1.165) is 12.8 Å². The molecular formula is C17H19F2NO3. The first-order valence-electron chi connectivity index (χ1n) is 7.79. The molecule has 2 aliphatic heterocycles. The second-order valence-corrected chi connectivity index (χ2v) is 5.74. The molecule has 0 aliphatic carbocycles. The van der Waals surface area contributed by atoms with Crippen molar-refractivity contribution in [2.24, 2.45) is 5.92 Å². The molecule has 23 heavy (non-hydrogen) atoms. The quantitative estimate of drug-likeness (QED) is 0.803. The average molecular weight is 323 g/mol. The first kappa shape index (κ1) is 16.1. The molecule has 2 aliphatic rings. The second kappa shape index (κ2) is 7.19. The monoisotopic (exact) mass is 323 g/mol. The molecule has 2 fully saturated rings. The van der Waals surface area contributed by atoms with Gasteiger partial charge >= 0.3 is 0 Å². The maximum Gasteiger partial charge on any atom is 0.246 e. The predicted octanol–water partition coefficient (Wildman–Crippen LogP) is 2.59. The van der Waals surface area contributed by atoms with Crippen molar-refractivity contribution >= 4 is 12.0 Å². The molecule has 0 unspecified atom stereocenters. The van der Waals surface area contributed by atoms with Crippen molar-refractivity contribution in [2.75, 3.05) is 26.3 Å². The van der Waals surface area contributed by atoms with Crippen molar-refractivity contribution < 1.29 is 23.0 Å². The molecule has 0 saturated carbocycles. The van der Waals surface area contributed by atoms with Crippen LogP contribution in [0.4, 0.5) is 8.78 Å². The summed E-state index contributed by atoms with van der Waals surface area (Å²) < 4.78 is 38.0. The fourth-order valence-electron chi connectivity index (χ4n) is 2.97. The van der Waals surface area contributed by atoms with Gasteiger partial charge in [-0.25, -0.2) is 8.78 Å². The summed E-state index contributed by atoms with van der Waals surface area (Å²) in [6.45, 7) is 2.44. The van der Waals surface area contributed by atoms with Gasteiger partial charge in [-0.2, -0.15) is 0 Å². The van der Waals surface area contributed by atoms with Crippen molar-refractivity contribution in [3.63, 3.8) is 0 Å². The van der Waals surface area contributed by atoms with Crippen LogP contribution in [0.3, 0.4) is 0 Å². The van der Waals surface area contributed by atoms with Gasteiger partial charge in [-0.15, -0.1) is 0 Å². The largest absolute Gasteiger partial charge is 0.350 e. The van der Waals surface area contributed by atoms with Crippen LogP contribution >= 0.6 is 0 Å². The first-order valence-corrected chi connectivity index (χ1v) is 7.79. The molecule has 1 aromatic carbocycles. The lowest BCUT2D eigenvalue weighted by Gasteiger charge is -2.33. The summed E-state index contributed by atoms with van der Waals surface area (Å²) in [5, 5.41) is 0. The van der Waals surface area contributed by atoms with Crippen molar-refractivity contribution in [3.8, 4) is 0 Å². The topological polar surface area (TPSA) is 38.8 Å². The summed E-state index contributed by atoms with van der Waals surface area (Å²) in [6.07, 6.45) is 3.87. The Morgan fingerprint density at radius 2 is 1.74 bits per heavy atom. The smallest absolute Gasteiger partial charge is 0.246 e. The molecule has 2 heterocycles. The van der Waals surface area contributed by atoms with Gasteiger partial charge in [0, 0.05) is 30.6 Å². The predicted molar refractivity (Wildman–Crippen MR) is 80.4 cm³/mol. The minimum absolute atomic E-state index is 0.157. The number of piperidine rings is 1. The molecule has 0 radical (unpaired) electrons. The number of carbonyl (C=O) groups excluding carboxylic acids is 1. The molecule has 124 valence electrons. The maximum atomic E-state index is 13.5. The Labute approximate surface area is 133 Å². The van der Waals surface area contributed by atoms with Crippen LogP contribution in [0.2, 0.25) is 0 Å². The standard InChI is InChI=1S/C17H19F2NO3/c18-14-2-1-3-15(19)13(14)4-5-16(21)20-8-6-12(7-9-20)17-22-10-11-23-17/h1-5,12,17H,6-11H2/b5-4+. The van der Waals surface area contributed by atoms with E-state index in [4.69, 9.17) is 9.47 Å². The number of nitrogens with zero attached hydrogens (tertiary/aromatic N) is 1. The van der Waals surface area contributed by atoms with E-state index in [9.17, 15) is 13.6 Å². The van der Waals surface area contributed by atoms with E-state index in [2.05, 4.69) is 0 Å². The number of halogens is 2. The molecule has 0 spiro atoms. The fraction of sp³-hybridized carbons (Fsp3) is 0.471. The maximum absolute atomic E-state index is 13.5. The van der Waals surface area contributed by atoms with Crippen LogP contribution in [0.1, 0.15) is 18.4 Å². The highest BCUT2D eigenvalue weighted by molar-refractivity contribution is 5.91. The van der Waals surface area contributed by atoms with Crippen LogP contribution in [-0.2, 0) is 14.3 Å². The summed E-state index contributed by atoms with van der Waals surface area (Å²) in [5.74, 6) is -1.29. The summed E-state index contributed by atoms with van der Waals surface area (Å²) >= 11 is 0. The van der Waals surface area contributed by atoms with Crippen LogP contribution in [0.15, 0.2) is 24.3 Å². The number of carbonyl (C=O) groups is 1. The molecule has 4 nitrogen and oxygen atoms in total. The lowest BCUT2D eigenvalue weighted by atomic mass is 9.96. The highest BCUT2D eigenvalue weighted by atomic mass is 19.1. The molecule has 0 bridgehead atoms. The lowest BCUT2D eigenvalue weighted by Crippen LogP contribution is -2.40. The Bertz CT molecular complexity index is 571. The van der Waals surface area contributed by atoms with Gasteiger partial charge < -0.3 is 14.4 Å². The van der Waals surface area contributed by atoms with Crippen LogP contribution < -0.4 is 0 Å². The van der Waals surface area contributed by atoms with Crippen LogP contribution in [0.5, 0.6) is 0 Å². The van der Waals surface area contributed by atoms with Crippen LogP contribution in [0, 0.1) is 17.6 Å². The second-order valence-electron chi connectivity index (χ2n) is 5.74. The van der Waals surface area contributed by atoms with Crippen molar-refractivity contribution in [2.45, 2.75) is 19.1 Å². The van der Waals surface area contributed by atoms with Crippen molar-refractivity contribution in [3.05, 3.63) is 41.5 Å². The van der Waals surface area contributed by atoms with Gasteiger partial charge in [-0.3, -0.25) is 4.79 Å². The normalized spacial score (nSPS) is 20.5. The van der Waals surface area contributed by atoms with Gasteiger partial charge in [-0.1, -0.05) is 6.07 Å². The zero-order chi connectivity index (χ0) is 16.2. The van der Waals surface area contributed by atoms with Gasteiger partial charge in [0.2, 0.25) is 5.91 Å². The number of benzene rings is 1. The van der Waals surface area contributed by atoms with Crippen molar-refractivity contribution in [1.29, 1.82) is 0 Å². The zero-order valence-electron chi connectivity index (χ0n) is 12.7. The molecule has 0 atom stereocenters.